The Balaban J connectivity index is 1.63. The molecule has 0 radical (unpaired) electrons. The Morgan fingerprint density at radius 2 is 1.70 bits per heavy atom. The van der Waals surface area contributed by atoms with Crippen LogP contribution in [0.2, 0.25) is 0 Å². The van der Waals surface area contributed by atoms with Crippen LogP contribution in [0.1, 0.15) is 35.2 Å². The predicted octanol–water partition coefficient (Wildman–Crippen LogP) is 3.83. The van der Waals surface area contributed by atoms with Gasteiger partial charge in [0.1, 0.15) is 0 Å². The molecule has 142 valence electrons. The summed E-state index contributed by atoms with van der Waals surface area (Å²) in [4.78, 5) is 15.0. The molecule has 1 amide bonds. The highest BCUT2D eigenvalue weighted by Crippen LogP contribution is 2.33. The molecule has 2 aromatic carbocycles. The van der Waals surface area contributed by atoms with E-state index in [1.165, 1.54) is 0 Å². The number of amides is 1. The van der Waals surface area contributed by atoms with Crippen molar-refractivity contribution in [2.45, 2.75) is 30.6 Å². The minimum atomic E-state index is -3.46. The Labute approximate surface area is 168 Å². The Bertz CT molecular complexity index is 984. The molecule has 0 atom stereocenters. The van der Waals surface area contributed by atoms with E-state index in [1.807, 2.05) is 18.2 Å². The van der Waals surface area contributed by atoms with Crippen molar-refractivity contribution in [3.05, 3.63) is 58.1 Å². The molecule has 1 saturated heterocycles. The monoisotopic (exact) mass is 448 g/mol. The maximum atomic E-state index is 12.9. The molecule has 0 aliphatic carbocycles. The first kappa shape index (κ1) is 18.7. The first-order valence-corrected chi connectivity index (χ1v) is 11.4. The summed E-state index contributed by atoms with van der Waals surface area (Å²) in [5, 5.41) is 0. The van der Waals surface area contributed by atoms with E-state index in [0.29, 0.717) is 36.5 Å². The first-order valence-electron chi connectivity index (χ1n) is 9.18. The zero-order valence-electron chi connectivity index (χ0n) is 14.9. The van der Waals surface area contributed by atoms with Crippen LogP contribution in [-0.4, -0.2) is 38.3 Å². The second kappa shape index (κ2) is 7.37. The number of piperidine rings is 1. The lowest BCUT2D eigenvalue weighted by Crippen LogP contribution is -2.35. The number of hydrogen-bond donors (Lipinski definition) is 0. The normalized spacial score (nSPS) is 17.7. The number of nitrogens with zero attached hydrogens (tertiary/aromatic N) is 2. The summed E-state index contributed by atoms with van der Waals surface area (Å²) in [6, 6.07) is 12.5. The van der Waals surface area contributed by atoms with Crippen LogP contribution >= 0.6 is 15.9 Å². The van der Waals surface area contributed by atoms with Crippen molar-refractivity contribution in [3.63, 3.8) is 0 Å². The molecule has 2 heterocycles. The van der Waals surface area contributed by atoms with Crippen LogP contribution in [0.5, 0.6) is 0 Å². The second-order valence-electron chi connectivity index (χ2n) is 6.94. The minimum absolute atomic E-state index is 0.0761. The molecule has 2 aliphatic heterocycles. The number of carbonyl (C=O) groups excluding carboxylic acids is 1. The SMILES string of the molecule is O=C(c1ccccc1Br)N1CCc2cc(S(=O)(=O)N3CCCCC3)ccc21. The van der Waals surface area contributed by atoms with E-state index in [0.717, 1.165) is 35.0 Å². The fraction of sp³-hybridized carbons (Fsp3) is 0.350. The highest BCUT2D eigenvalue weighted by atomic mass is 79.9. The molecule has 7 heteroatoms. The fourth-order valence-electron chi connectivity index (χ4n) is 3.78. The van der Waals surface area contributed by atoms with Crippen LogP contribution in [0, 0.1) is 0 Å². The number of carbonyl (C=O) groups is 1. The zero-order valence-corrected chi connectivity index (χ0v) is 17.3. The van der Waals surface area contributed by atoms with Gasteiger partial charge in [0.15, 0.2) is 0 Å². The van der Waals surface area contributed by atoms with E-state index in [2.05, 4.69) is 15.9 Å². The lowest BCUT2D eigenvalue weighted by molar-refractivity contribution is 0.0988. The van der Waals surface area contributed by atoms with Crippen molar-refractivity contribution in [2.24, 2.45) is 0 Å². The smallest absolute Gasteiger partial charge is 0.259 e. The van der Waals surface area contributed by atoms with Crippen LogP contribution in [0.25, 0.3) is 0 Å². The van der Waals surface area contributed by atoms with Crippen LogP contribution in [0.3, 0.4) is 0 Å². The topological polar surface area (TPSA) is 57.7 Å². The van der Waals surface area contributed by atoms with Crippen LogP contribution < -0.4 is 4.90 Å². The van der Waals surface area contributed by atoms with Crippen molar-refractivity contribution >= 4 is 37.5 Å². The zero-order chi connectivity index (χ0) is 19.0. The van der Waals surface area contributed by atoms with Crippen molar-refractivity contribution in [2.75, 3.05) is 24.5 Å². The van der Waals surface area contributed by atoms with Crippen LogP contribution in [0.4, 0.5) is 5.69 Å². The molecule has 0 aromatic heterocycles. The third-order valence-corrected chi connectivity index (χ3v) is 7.83. The maximum Gasteiger partial charge on any atom is 0.259 e. The Morgan fingerprint density at radius 3 is 2.44 bits per heavy atom. The summed E-state index contributed by atoms with van der Waals surface area (Å²) in [7, 11) is -3.46. The van der Waals surface area contributed by atoms with Gasteiger partial charge >= 0.3 is 0 Å². The molecule has 0 saturated carbocycles. The summed E-state index contributed by atoms with van der Waals surface area (Å²) >= 11 is 3.43. The van der Waals surface area contributed by atoms with Crippen molar-refractivity contribution in [1.29, 1.82) is 0 Å². The van der Waals surface area contributed by atoms with E-state index in [1.54, 1.807) is 33.5 Å². The molecule has 0 spiro atoms. The third kappa shape index (κ3) is 3.44. The summed E-state index contributed by atoms with van der Waals surface area (Å²) in [6.45, 7) is 1.74. The van der Waals surface area contributed by atoms with Gasteiger partial charge in [-0.15, -0.1) is 0 Å². The summed E-state index contributed by atoms with van der Waals surface area (Å²) in [5.41, 5.74) is 2.32. The average molecular weight is 449 g/mol. The standard InChI is InChI=1S/C20H21BrN2O3S/c21-18-7-3-2-6-17(18)20(24)23-13-10-15-14-16(8-9-19(15)23)27(25,26)22-11-4-1-5-12-22/h2-3,6-9,14H,1,4-5,10-13H2. The van der Waals surface area contributed by atoms with Gasteiger partial charge in [-0.05, 0) is 71.1 Å². The summed E-state index contributed by atoms with van der Waals surface area (Å²) in [5.74, 6) is -0.0761. The molecule has 0 unspecified atom stereocenters. The number of fused-ring (bicyclic) bond motifs is 1. The Hall–Kier alpha value is -1.70. The third-order valence-electron chi connectivity index (χ3n) is 5.25. The highest BCUT2D eigenvalue weighted by molar-refractivity contribution is 9.10. The predicted molar refractivity (Wildman–Crippen MR) is 109 cm³/mol. The minimum Gasteiger partial charge on any atom is -0.308 e. The van der Waals surface area contributed by atoms with Gasteiger partial charge in [0, 0.05) is 29.8 Å². The lowest BCUT2D eigenvalue weighted by Gasteiger charge is -2.26. The lowest BCUT2D eigenvalue weighted by atomic mass is 10.1. The maximum absolute atomic E-state index is 12.9. The molecule has 5 nitrogen and oxygen atoms in total. The molecule has 0 N–H and O–H groups in total. The number of sulfonamides is 1. The van der Waals surface area contributed by atoms with Crippen LogP contribution in [0.15, 0.2) is 51.8 Å². The number of rotatable bonds is 3. The van der Waals surface area contributed by atoms with Gasteiger partial charge in [-0.25, -0.2) is 8.42 Å². The molecule has 4 rings (SSSR count). The molecule has 2 aliphatic rings. The molecular weight excluding hydrogens is 428 g/mol. The second-order valence-corrected chi connectivity index (χ2v) is 9.73. The van der Waals surface area contributed by atoms with E-state index >= 15 is 0 Å². The van der Waals surface area contributed by atoms with E-state index < -0.39 is 10.0 Å². The van der Waals surface area contributed by atoms with Gasteiger partial charge in [0.05, 0.1) is 10.5 Å². The highest BCUT2D eigenvalue weighted by Gasteiger charge is 2.30. The first-order chi connectivity index (χ1) is 13.0. The van der Waals surface area contributed by atoms with Gasteiger partial charge in [0.25, 0.3) is 5.91 Å². The van der Waals surface area contributed by atoms with E-state index in [9.17, 15) is 13.2 Å². The van der Waals surface area contributed by atoms with Crippen molar-refractivity contribution < 1.29 is 13.2 Å². The molecule has 0 bridgehead atoms. The molecule has 2 aromatic rings. The van der Waals surface area contributed by atoms with Gasteiger partial charge < -0.3 is 4.90 Å². The molecule has 1 fully saturated rings. The molecule has 27 heavy (non-hydrogen) atoms. The number of benzene rings is 2. The van der Waals surface area contributed by atoms with E-state index in [4.69, 9.17) is 0 Å². The Kier molecular flexibility index (Phi) is 5.09. The van der Waals surface area contributed by atoms with Gasteiger partial charge in [-0.3, -0.25) is 4.79 Å². The van der Waals surface area contributed by atoms with Gasteiger partial charge in [-0.1, -0.05) is 18.6 Å². The number of hydrogen-bond acceptors (Lipinski definition) is 3. The number of halogens is 1. The fourth-order valence-corrected chi connectivity index (χ4v) is 5.81. The van der Waals surface area contributed by atoms with Crippen LogP contribution in [-0.2, 0) is 16.4 Å². The van der Waals surface area contributed by atoms with Crippen molar-refractivity contribution in [3.8, 4) is 0 Å². The van der Waals surface area contributed by atoms with Crippen molar-refractivity contribution in [1.82, 2.24) is 4.31 Å². The summed E-state index contributed by atoms with van der Waals surface area (Å²) in [6.07, 6.45) is 3.58. The largest absolute Gasteiger partial charge is 0.308 e. The van der Waals surface area contributed by atoms with Gasteiger partial charge in [0.2, 0.25) is 10.0 Å². The Morgan fingerprint density at radius 1 is 0.963 bits per heavy atom. The molecular formula is C20H21BrN2O3S. The average Bonchev–Trinajstić information content (AvgIpc) is 3.12. The van der Waals surface area contributed by atoms with E-state index in [-0.39, 0.29) is 5.91 Å². The van der Waals surface area contributed by atoms with Gasteiger partial charge in [-0.2, -0.15) is 4.31 Å². The quantitative estimate of drug-likeness (QED) is 0.716. The number of anilines is 1. The summed E-state index contributed by atoms with van der Waals surface area (Å²) < 4.78 is 28.2.